The number of aromatic nitrogens is 1. The molecule has 2 aliphatic heterocycles. The Bertz CT molecular complexity index is 927. The first-order chi connectivity index (χ1) is 13.9. The van der Waals surface area contributed by atoms with Crippen LogP contribution in [0.5, 0.6) is 0 Å². The number of piperidine rings is 1. The van der Waals surface area contributed by atoms with Crippen LogP contribution in [0, 0.1) is 0 Å². The third-order valence-corrected chi connectivity index (χ3v) is 6.90. The minimum Gasteiger partial charge on any atom is -0.322 e. The van der Waals surface area contributed by atoms with Gasteiger partial charge in [0.15, 0.2) is 0 Å². The van der Waals surface area contributed by atoms with Crippen LogP contribution in [0.3, 0.4) is 0 Å². The minimum absolute atomic E-state index is 0.0657. The summed E-state index contributed by atoms with van der Waals surface area (Å²) in [6, 6.07) is 7.50. The highest BCUT2D eigenvalue weighted by Gasteiger charge is 2.47. The molecule has 9 heteroatoms. The van der Waals surface area contributed by atoms with E-state index in [0.29, 0.717) is 6.42 Å². The number of fused-ring (bicyclic) bond motifs is 1. The van der Waals surface area contributed by atoms with Gasteiger partial charge in [-0.1, -0.05) is 25.5 Å². The van der Waals surface area contributed by atoms with Crippen molar-refractivity contribution in [3.63, 3.8) is 0 Å². The van der Waals surface area contributed by atoms with Crippen molar-refractivity contribution in [3.8, 4) is 0 Å². The summed E-state index contributed by atoms with van der Waals surface area (Å²) in [4.78, 5) is 44.1. The Morgan fingerprint density at radius 1 is 1.34 bits per heavy atom. The molecule has 0 saturated carbocycles. The van der Waals surface area contributed by atoms with E-state index in [2.05, 4.69) is 21.7 Å². The first-order valence-corrected chi connectivity index (χ1v) is 10.8. The van der Waals surface area contributed by atoms with Crippen molar-refractivity contribution in [1.29, 1.82) is 0 Å². The summed E-state index contributed by atoms with van der Waals surface area (Å²) >= 11 is 1.66. The number of carbonyl (C=O) groups is 3. The zero-order valence-electron chi connectivity index (χ0n) is 16.6. The van der Waals surface area contributed by atoms with Gasteiger partial charge in [0, 0.05) is 0 Å². The first kappa shape index (κ1) is 19.8. The summed E-state index contributed by atoms with van der Waals surface area (Å²) in [6.07, 6.45) is 3.48. The second-order valence-corrected chi connectivity index (χ2v) is 8.86. The molecule has 0 spiro atoms. The lowest BCUT2D eigenvalue weighted by Gasteiger charge is -2.34. The van der Waals surface area contributed by atoms with Crippen molar-refractivity contribution in [1.82, 2.24) is 25.6 Å². The van der Waals surface area contributed by atoms with Crippen LogP contribution in [0.25, 0.3) is 10.2 Å². The average Bonchev–Trinajstić information content (AvgIpc) is 3.23. The second kappa shape index (κ2) is 7.72. The predicted octanol–water partition coefficient (Wildman–Crippen LogP) is 2.58. The van der Waals surface area contributed by atoms with Crippen LogP contribution in [-0.4, -0.2) is 51.4 Å². The quantitative estimate of drug-likeness (QED) is 0.732. The molecule has 0 aliphatic carbocycles. The van der Waals surface area contributed by atoms with E-state index in [4.69, 9.17) is 4.98 Å². The third kappa shape index (κ3) is 3.72. The number of imide groups is 1. The third-order valence-electron chi connectivity index (χ3n) is 5.76. The van der Waals surface area contributed by atoms with Gasteiger partial charge in [0.25, 0.3) is 11.8 Å². The number of urea groups is 1. The standard InChI is InChI=1S/C20H25N5O3S/c1-3-20(2)18(27)25(19(28)22-20)23-16(26)12-24-11-7-6-9-14(24)17-21-13-8-4-5-10-15(13)29-17/h4-5,8,10,14H,3,6-7,9,11-12H2,1-2H3,(H,22,28)(H,23,26). The number of amides is 4. The summed E-state index contributed by atoms with van der Waals surface area (Å²) in [6.45, 7) is 4.37. The molecule has 1 aromatic heterocycles. The van der Waals surface area contributed by atoms with Crippen LogP contribution in [-0.2, 0) is 9.59 Å². The van der Waals surface area contributed by atoms with Gasteiger partial charge in [0.05, 0.1) is 22.8 Å². The smallest absolute Gasteiger partial charge is 0.322 e. The predicted molar refractivity (Wildman–Crippen MR) is 110 cm³/mol. The van der Waals surface area contributed by atoms with Crippen molar-refractivity contribution in [3.05, 3.63) is 29.3 Å². The number of rotatable bonds is 5. The molecule has 2 fully saturated rings. The molecule has 2 atom stereocenters. The highest BCUT2D eigenvalue weighted by Crippen LogP contribution is 2.35. The number of nitrogens with one attached hydrogen (secondary N) is 2. The van der Waals surface area contributed by atoms with E-state index in [1.807, 2.05) is 25.1 Å². The fourth-order valence-electron chi connectivity index (χ4n) is 3.86. The Kier molecular flexibility index (Phi) is 5.26. The lowest BCUT2D eigenvalue weighted by Crippen LogP contribution is -2.51. The Morgan fingerprint density at radius 2 is 2.14 bits per heavy atom. The highest BCUT2D eigenvalue weighted by molar-refractivity contribution is 7.18. The second-order valence-electron chi connectivity index (χ2n) is 7.79. The number of carbonyl (C=O) groups excluding carboxylic acids is 3. The first-order valence-electron chi connectivity index (χ1n) is 9.97. The molecule has 154 valence electrons. The van der Waals surface area contributed by atoms with Gasteiger partial charge in [-0.2, -0.15) is 5.01 Å². The molecule has 4 rings (SSSR count). The van der Waals surface area contributed by atoms with E-state index in [0.717, 1.165) is 46.0 Å². The summed E-state index contributed by atoms with van der Waals surface area (Å²) in [5.74, 6) is -0.804. The number of thiazole rings is 1. The normalized spacial score (nSPS) is 25.4. The van der Waals surface area contributed by atoms with E-state index >= 15 is 0 Å². The Balaban J connectivity index is 1.46. The molecule has 8 nitrogen and oxygen atoms in total. The monoisotopic (exact) mass is 415 g/mol. The van der Waals surface area contributed by atoms with Gasteiger partial charge in [-0.25, -0.2) is 9.78 Å². The molecule has 2 aromatic rings. The number of hydrogen-bond donors (Lipinski definition) is 2. The molecule has 2 saturated heterocycles. The van der Waals surface area contributed by atoms with Gasteiger partial charge < -0.3 is 5.32 Å². The van der Waals surface area contributed by atoms with E-state index in [1.165, 1.54) is 0 Å². The number of hydrogen-bond acceptors (Lipinski definition) is 6. The van der Waals surface area contributed by atoms with Gasteiger partial charge in [-0.3, -0.25) is 19.9 Å². The molecule has 0 radical (unpaired) electrons. The molecule has 4 amide bonds. The van der Waals surface area contributed by atoms with Crippen LogP contribution < -0.4 is 10.7 Å². The summed E-state index contributed by atoms with van der Waals surface area (Å²) < 4.78 is 1.13. The lowest BCUT2D eigenvalue weighted by molar-refractivity contribution is -0.139. The maximum absolute atomic E-state index is 12.7. The lowest BCUT2D eigenvalue weighted by atomic mass is 10.00. The molecular formula is C20H25N5O3S. The SMILES string of the molecule is CCC1(C)NC(=O)N(NC(=O)CN2CCCCC2c2nc3ccccc3s2)C1=O. The molecule has 0 bridgehead atoms. The Hall–Kier alpha value is -2.52. The fraction of sp³-hybridized carbons (Fsp3) is 0.500. The minimum atomic E-state index is -0.973. The van der Waals surface area contributed by atoms with Gasteiger partial charge in [0.2, 0.25) is 0 Å². The summed E-state index contributed by atoms with van der Waals surface area (Å²) in [7, 11) is 0. The maximum Gasteiger partial charge on any atom is 0.344 e. The molecule has 2 aliphatic rings. The number of benzene rings is 1. The maximum atomic E-state index is 12.7. The zero-order valence-corrected chi connectivity index (χ0v) is 17.4. The molecule has 2 unspecified atom stereocenters. The Labute approximate surface area is 173 Å². The number of likely N-dealkylation sites (tertiary alicyclic amines) is 1. The van der Waals surface area contributed by atoms with Gasteiger partial charge in [-0.15, -0.1) is 11.3 Å². The highest BCUT2D eigenvalue weighted by atomic mass is 32.1. The average molecular weight is 416 g/mol. The van der Waals surface area contributed by atoms with Crippen molar-refractivity contribution < 1.29 is 14.4 Å². The van der Waals surface area contributed by atoms with Gasteiger partial charge in [0.1, 0.15) is 10.5 Å². The van der Waals surface area contributed by atoms with Gasteiger partial charge in [-0.05, 0) is 44.9 Å². The molecular weight excluding hydrogens is 390 g/mol. The van der Waals surface area contributed by atoms with E-state index < -0.39 is 17.5 Å². The summed E-state index contributed by atoms with van der Waals surface area (Å²) in [5.41, 5.74) is 2.49. The van der Waals surface area contributed by atoms with Crippen LogP contribution in [0.4, 0.5) is 4.79 Å². The molecule has 1 aromatic carbocycles. The van der Waals surface area contributed by atoms with E-state index in [-0.39, 0.29) is 18.5 Å². The van der Waals surface area contributed by atoms with Crippen molar-refractivity contribution in [2.75, 3.05) is 13.1 Å². The summed E-state index contributed by atoms with van der Waals surface area (Å²) in [5, 5.41) is 4.45. The van der Waals surface area contributed by atoms with E-state index in [9.17, 15) is 14.4 Å². The number of hydrazine groups is 1. The van der Waals surface area contributed by atoms with Crippen molar-refractivity contribution in [2.45, 2.75) is 51.1 Å². The van der Waals surface area contributed by atoms with Crippen molar-refractivity contribution >= 4 is 39.4 Å². The van der Waals surface area contributed by atoms with Gasteiger partial charge >= 0.3 is 6.03 Å². The van der Waals surface area contributed by atoms with Crippen LogP contribution in [0.2, 0.25) is 0 Å². The largest absolute Gasteiger partial charge is 0.344 e. The van der Waals surface area contributed by atoms with Crippen LogP contribution >= 0.6 is 11.3 Å². The molecule has 2 N–H and O–H groups in total. The topological polar surface area (TPSA) is 94.6 Å². The molecule has 3 heterocycles. The Morgan fingerprint density at radius 3 is 2.86 bits per heavy atom. The molecule has 29 heavy (non-hydrogen) atoms. The fourth-order valence-corrected chi connectivity index (χ4v) is 5.00. The zero-order chi connectivity index (χ0) is 20.6. The van der Waals surface area contributed by atoms with Crippen LogP contribution in [0.15, 0.2) is 24.3 Å². The number of para-hydroxylation sites is 1. The number of nitrogens with zero attached hydrogens (tertiary/aromatic N) is 3. The van der Waals surface area contributed by atoms with E-state index in [1.54, 1.807) is 18.3 Å². The van der Waals surface area contributed by atoms with Crippen LogP contribution in [0.1, 0.15) is 50.6 Å². The van der Waals surface area contributed by atoms with Crippen molar-refractivity contribution in [2.24, 2.45) is 0 Å².